The van der Waals surface area contributed by atoms with Crippen molar-refractivity contribution in [3.63, 3.8) is 0 Å². The number of hydrogen-bond acceptors (Lipinski definition) is 5. The highest BCUT2D eigenvalue weighted by Gasteiger charge is 2.26. The normalized spacial score (nSPS) is 10.8. The minimum absolute atomic E-state index is 0.0142. The Morgan fingerprint density at radius 3 is 2.71 bits per heavy atom. The van der Waals surface area contributed by atoms with Crippen molar-refractivity contribution in [2.45, 2.75) is 33.2 Å². The molecule has 2 heterocycles. The van der Waals surface area contributed by atoms with Gasteiger partial charge in [0.2, 0.25) is 5.76 Å². The molecule has 8 nitrogen and oxygen atoms in total. The first-order chi connectivity index (χ1) is 9.99. The number of aryl methyl sites for hydroxylation is 1. The summed E-state index contributed by atoms with van der Waals surface area (Å²) in [6, 6.07) is 1.53. The van der Waals surface area contributed by atoms with Gasteiger partial charge in [-0.1, -0.05) is 13.8 Å². The SMILES string of the molecule is CCc1nn(Cc2ccoc2C(=O)O)c(CC)c1[N+](=O)[O-]. The number of aromatic carboxylic acids is 1. The summed E-state index contributed by atoms with van der Waals surface area (Å²) in [6.45, 7) is 3.72. The van der Waals surface area contributed by atoms with E-state index in [1.54, 1.807) is 13.8 Å². The summed E-state index contributed by atoms with van der Waals surface area (Å²) in [5, 5.41) is 24.4. The second kappa shape index (κ2) is 5.78. The van der Waals surface area contributed by atoms with Gasteiger partial charge in [0.1, 0.15) is 11.4 Å². The minimum atomic E-state index is -1.18. The molecule has 112 valence electrons. The van der Waals surface area contributed by atoms with Crippen molar-refractivity contribution in [2.24, 2.45) is 0 Å². The second-order valence-corrected chi connectivity index (χ2v) is 4.44. The third kappa shape index (κ3) is 2.64. The van der Waals surface area contributed by atoms with E-state index in [9.17, 15) is 14.9 Å². The Morgan fingerprint density at radius 1 is 1.48 bits per heavy atom. The van der Waals surface area contributed by atoms with Gasteiger partial charge in [0, 0.05) is 5.56 Å². The average Bonchev–Trinajstić information content (AvgIpc) is 3.02. The van der Waals surface area contributed by atoms with Crippen molar-refractivity contribution in [1.29, 1.82) is 0 Å². The van der Waals surface area contributed by atoms with Gasteiger partial charge in [0.05, 0.1) is 17.7 Å². The van der Waals surface area contributed by atoms with Crippen LogP contribution in [0.2, 0.25) is 0 Å². The van der Waals surface area contributed by atoms with Crippen LogP contribution in [0.15, 0.2) is 16.7 Å². The summed E-state index contributed by atoms with van der Waals surface area (Å²) >= 11 is 0. The molecule has 0 aromatic carbocycles. The van der Waals surface area contributed by atoms with Crippen LogP contribution in [0.25, 0.3) is 0 Å². The number of nitro groups is 1. The molecule has 0 amide bonds. The lowest BCUT2D eigenvalue weighted by Crippen LogP contribution is -2.09. The molecular formula is C13H15N3O5. The Morgan fingerprint density at radius 2 is 2.19 bits per heavy atom. The fourth-order valence-electron chi connectivity index (χ4n) is 2.28. The lowest BCUT2D eigenvalue weighted by atomic mass is 10.2. The maximum absolute atomic E-state index is 11.2. The smallest absolute Gasteiger partial charge is 0.372 e. The molecule has 0 aliphatic rings. The molecule has 0 radical (unpaired) electrons. The zero-order chi connectivity index (χ0) is 15.6. The molecule has 0 saturated heterocycles. The van der Waals surface area contributed by atoms with Crippen LogP contribution in [-0.2, 0) is 19.4 Å². The highest BCUT2D eigenvalue weighted by molar-refractivity contribution is 5.86. The van der Waals surface area contributed by atoms with Crippen molar-refractivity contribution in [2.75, 3.05) is 0 Å². The van der Waals surface area contributed by atoms with Gasteiger partial charge >= 0.3 is 11.7 Å². The molecule has 2 rings (SSSR count). The highest BCUT2D eigenvalue weighted by Crippen LogP contribution is 2.26. The van der Waals surface area contributed by atoms with Crippen molar-refractivity contribution >= 4 is 11.7 Å². The molecule has 2 aromatic heterocycles. The summed E-state index contributed by atoms with van der Waals surface area (Å²) in [4.78, 5) is 21.8. The Hall–Kier alpha value is -2.64. The van der Waals surface area contributed by atoms with E-state index in [1.165, 1.54) is 17.0 Å². The third-order valence-electron chi connectivity index (χ3n) is 3.21. The largest absolute Gasteiger partial charge is 0.475 e. The zero-order valence-electron chi connectivity index (χ0n) is 11.7. The molecule has 0 aliphatic heterocycles. The monoisotopic (exact) mass is 293 g/mol. The summed E-state index contributed by atoms with van der Waals surface area (Å²) in [5.74, 6) is -1.35. The molecule has 0 saturated carbocycles. The number of carbonyl (C=O) groups is 1. The highest BCUT2D eigenvalue weighted by atomic mass is 16.6. The third-order valence-corrected chi connectivity index (χ3v) is 3.21. The van der Waals surface area contributed by atoms with Gasteiger partial charge in [-0.3, -0.25) is 14.8 Å². The number of hydrogen-bond donors (Lipinski definition) is 1. The summed E-state index contributed by atoms with van der Waals surface area (Å²) in [6.07, 6.45) is 2.15. The van der Waals surface area contributed by atoms with E-state index in [4.69, 9.17) is 9.52 Å². The van der Waals surface area contributed by atoms with E-state index in [0.29, 0.717) is 29.8 Å². The van der Waals surface area contributed by atoms with Crippen LogP contribution in [0.4, 0.5) is 5.69 Å². The predicted octanol–water partition coefficient (Wildman–Crippen LogP) is 2.26. The summed E-state index contributed by atoms with van der Waals surface area (Å²) < 4.78 is 6.39. The van der Waals surface area contributed by atoms with Crippen LogP contribution in [0, 0.1) is 10.1 Å². The van der Waals surface area contributed by atoms with Gasteiger partial charge in [-0.15, -0.1) is 0 Å². The predicted molar refractivity (Wildman–Crippen MR) is 72.4 cm³/mol. The Kier molecular flexibility index (Phi) is 4.06. The van der Waals surface area contributed by atoms with Gasteiger partial charge in [-0.05, 0) is 18.9 Å². The minimum Gasteiger partial charge on any atom is -0.475 e. The number of rotatable bonds is 6. The molecule has 0 atom stereocenters. The van der Waals surface area contributed by atoms with Gasteiger partial charge < -0.3 is 9.52 Å². The number of nitrogens with zero attached hydrogens (tertiary/aromatic N) is 3. The zero-order valence-corrected chi connectivity index (χ0v) is 11.7. The molecule has 8 heteroatoms. The molecule has 2 aromatic rings. The van der Waals surface area contributed by atoms with E-state index in [0.717, 1.165) is 0 Å². The number of carboxylic acid groups (broad SMARTS) is 1. The van der Waals surface area contributed by atoms with Crippen LogP contribution in [0.5, 0.6) is 0 Å². The molecule has 1 N–H and O–H groups in total. The molecule has 0 aliphatic carbocycles. The van der Waals surface area contributed by atoms with Crippen LogP contribution < -0.4 is 0 Å². The number of furan rings is 1. The summed E-state index contributed by atoms with van der Waals surface area (Å²) in [7, 11) is 0. The van der Waals surface area contributed by atoms with Gasteiger partial charge in [-0.25, -0.2) is 4.79 Å². The topological polar surface area (TPSA) is 111 Å². The Bertz CT molecular complexity index is 686. The van der Waals surface area contributed by atoms with Gasteiger partial charge in [0.25, 0.3) is 0 Å². The Labute approximate surface area is 120 Å². The quantitative estimate of drug-likeness (QED) is 0.645. The molecule has 0 unspecified atom stereocenters. The van der Waals surface area contributed by atoms with E-state index < -0.39 is 10.9 Å². The first-order valence-electron chi connectivity index (χ1n) is 6.52. The molecule has 0 fully saturated rings. The lowest BCUT2D eigenvalue weighted by molar-refractivity contribution is -0.386. The first-order valence-corrected chi connectivity index (χ1v) is 6.52. The lowest BCUT2D eigenvalue weighted by Gasteiger charge is -2.04. The van der Waals surface area contributed by atoms with Crippen molar-refractivity contribution < 1.29 is 19.2 Å². The van der Waals surface area contributed by atoms with E-state index >= 15 is 0 Å². The van der Waals surface area contributed by atoms with Crippen LogP contribution in [-0.4, -0.2) is 25.8 Å². The molecule has 21 heavy (non-hydrogen) atoms. The van der Waals surface area contributed by atoms with Crippen molar-refractivity contribution in [3.05, 3.63) is 45.2 Å². The van der Waals surface area contributed by atoms with Crippen LogP contribution in [0.3, 0.4) is 0 Å². The maximum atomic E-state index is 11.2. The standard InChI is InChI=1S/C13H15N3O5/c1-3-9-11(16(19)20)10(4-2)15(14-9)7-8-5-6-21-12(8)13(17)18/h5-6H,3-4,7H2,1-2H3,(H,17,18). The second-order valence-electron chi connectivity index (χ2n) is 4.44. The van der Waals surface area contributed by atoms with Crippen molar-refractivity contribution in [1.82, 2.24) is 9.78 Å². The maximum Gasteiger partial charge on any atom is 0.372 e. The van der Waals surface area contributed by atoms with Crippen LogP contribution in [0.1, 0.15) is 41.4 Å². The van der Waals surface area contributed by atoms with E-state index in [1.807, 2.05) is 0 Å². The summed E-state index contributed by atoms with van der Waals surface area (Å²) in [5.41, 5.74) is 1.32. The van der Waals surface area contributed by atoms with Crippen LogP contribution >= 0.6 is 0 Å². The molecule has 0 bridgehead atoms. The fraction of sp³-hybridized carbons (Fsp3) is 0.385. The average molecular weight is 293 g/mol. The van der Waals surface area contributed by atoms with E-state index in [-0.39, 0.29) is 18.0 Å². The van der Waals surface area contributed by atoms with Crippen molar-refractivity contribution in [3.8, 4) is 0 Å². The Balaban J connectivity index is 2.47. The van der Waals surface area contributed by atoms with Gasteiger partial charge in [0.15, 0.2) is 0 Å². The fourth-order valence-corrected chi connectivity index (χ4v) is 2.28. The molecular weight excluding hydrogens is 278 g/mol. The number of aromatic nitrogens is 2. The van der Waals surface area contributed by atoms with E-state index in [2.05, 4.69) is 5.10 Å². The molecule has 0 spiro atoms. The number of carboxylic acids is 1. The van der Waals surface area contributed by atoms with Gasteiger partial charge in [-0.2, -0.15) is 5.10 Å². The first kappa shape index (κ1) is 14.8.